The van der Waals surface area contributed by atoms with Gasteiger partial charge in [-0.3, -0.25) is 0 Å². The van der Waals surface area contributed by atoms with E-state index in [1.165, 1.54) is 18.4 Å². The number of aliphatic hydroxyl groups is 1. The molecule has 1 aromatic carbocycles. The van der Waals surface area contributed by atoms with Gasteiger partial charge in [0.25, 0.3) is 0 Å². The third-order valence-corrected chi connectivity index (χ3v) is 2.52. The van der Waals surface area contributed by atoms with Gasteiger partial charge in [0.15, 0.2) is 0 Å². The van der Waals surface area contributed by atoms with Gasteiger partial charge in [0.2, 0.25) is 0 Å². The molecule has 0 bridgehead atoms. The molecule has 0 heterocycles. The predicted molar refractivity (Wildman–Crippen MR) is 54.9 cm³/mol. The van der Waals surface area contributed by atoms with Gasteiger partial charge in [-0.1, -0.05) is 6.07 Å². The molecule has 75 valence electrons. The Labute approximate surface area is 84.5 Å². The Balaban J connectivity index is 2.24. The molecule has 1 aliphatic rings. The van der Waals surface area contributed by atoms with Crippen molar-refractivity contribution in [3.8, 4) is 5.75 Å². The average Bonchev–Trinajstić information content (AvgIpc) is 3.02. The van der Waals surface area contributed by atoms with Gasteiger partial charge >= 0.3 is 0 Å². The first-order chi connectivity index (χ1) is 6.85. The smallest absolute Gasteiger partial charge is 0.125 e. The lowest BCUT2D eigenvalue weighted by molar-refractivity contribution is 0.330. The molecule has 1 fully saturated rings. The maximum atomic E-state index is 9.07. The molecule has 0 aliphatic heterocycles. The predicted octanol–water partition coefficient (Wildman–Crippen LogP) is 2.85. The fourth-order valence-corrected chi connectivity index (χ4v) is 1.63. The highest BCUT2D eigenvalue weighted by Crippen LogP contribution is 2.41. The summed E-state index contributed by atoms with van der Waals surface area (Å²) in [6.07, 6.45) is 2.55. The molecule has 1 N–H and O–H groups in total. The summed E-state index contributed by atoms with van der Waals surface area (Å²) in [6.45, 7) is 3.69. The molecule has 0 unspecified atom stereocenters. The number of benzene rings is 1. The van der Waals surface area contributed by atoms with E-state index in [0.717, 1.165) is 17.9 Å². The second-order valence-corrected chi connectivity index (χ2v) is 3.63. The lowest BCUT2D eigenvalue weighted by Crippen LogP contribution is -1.96. The Bertz CT molecular complexity index is 316. The molecule has 2 heteroatoms. The van der Waals surface area contributed by atoms with E-state index in [0.29, 0.717) is 12.5 Å². The topological polar surface area (TPSA) is 29.5 Å². The summed E-state index contributed by atoms with van der Waals surface area (Å²) < 4.78 is 5.39. The van der Waals surface area contributed by atoms with E-state index in [9.17, 15) is 0 Å². The van der Waals surface area contributed by atoms with E-state index >= 15 is 0 Å². The van der Waals surface area contributed by atoms with E-state index in [1.54, 1.807) is 0 Å². The van der Waals surface area contributed by atoms with Gasteiger partial charge < -0.3 is 9.84 Å². The molecular weight excluding hydrogens is 176 g/mol. The van der Waals surface area contributed by atoms with Crippen molar-refractivity contribution >= 4 is 0 Å². The van der Waals surface area contributed by atoms with Crippen LogP contribution in [0.4, 0.5) is 0 Å². The van der Waals surface area contributed by atoms with Gasteiger partial charge in [-0.2, -0.15) is 0 Å². The van der Waals surface area contributed by atoms with E-state index in [-0.39, 0.29) is 0 Å². The van der Waals surface area contributed by atoms with Crippen molar-refractivity contribution in [2.45, 2.75) is 25.7 Å². The van der Waals surface area contributed by atoms with Crippen LogP contribution >= 0.6 is 0 Å². The van der Waals surface area contributed by atoms with Crippen LogP contribution in [0.25, 0.3) is 0 Å². The van der Waals surface area contributed by atoms with Crippen molar-refractivity contribution in [2.75, 3.05) is 6.61 Å². The summed E-state index contributed by atoms with van der Waals surface area (Å²) in [4.78, 5) is 0. The minimum absolute atomic E-state index is 0.629. The van der Waals surface area contributed by atoms with Crippen LogP contribution in [0.1, 0.15) is 36.8 Å². The first kappa shape index (κ1) is 9.53. The van der Waals surface area contributed by atoms with Gasteiger partial charge in [-0.25, -0.2) is 0 Å². The normalized spacial score (nSPS) is 15.6. The summed E-state index contributed by atoms with van der Waals surface area (Å²) in [5.74, 6) is 1.48. The minimum atomic E-state index is 0.629. The van der Waals surface area contributed by atoms with Crippen molar-refractivity contribution in [1.29, 1.82) is 0 Å². The molecule has 0 aromatic heterocycles. The molecule has 0 atom stereocenters. The SMILES string of the molecule is CCOc1ccc(C2CC2)cc1[CH]O. The lowest BCUT2D eigenvalue weighted by Gasteiger charge is -2.09. The minimum Gasteiger partial charge on any atom is -0.493 e. The van der Waals surface area contributed by atoms with Crippen LogP contribution in [0.3, 0.4) is 0 Å². The van der Waals surface area contributed by atoms with Crippen LogP contribution in [0.5, 0.6) is 5.75 Å². The van der Waals surface area contributed by atoms with Gasteiger partial charge in [-0.05, 0) is 43.4 Å². The quantitative estimate of drug-likeness (QED) is 0.793. The van der Waals surface area contributed by atoms with E-state index < -0.39 is 0 Å². The van der Waals surface area contributed by atoms with Crippen LogP contribution in [-0.4, -0.2) is 11.7 Å². The van der Waals surface area contributed by atoms with Crippen LogP contribution in [0.15, 0.2) is 18.2 Å². The number of hydrogen-bond donors (Lipinski definition) is 1. The fourth-order valence-electron chi connectivity index (χ4n) is 1.63. The molecule has 2 nitrogen and oxygen atoms in total. The van der Waals surface area contributed by atoms with Crippen molar-refractivity contribution in [2.24, 2.45) is 0 Å². The first-order valence-corrected chi connectivity index (χ1v) is 5.09. The maximum absolute atomic E-state index is 9.07. The Kier molecular flexibility index (Phi) is 2.73. The standard InChI is InChI=1S/C12H15O2/c1-2-14-12-6-5-10(9-3-4-9)7-11(12)8-13/h5-9,13H,2-4H2,1H3. The van der Waals surface area contributed by atoms with Crippen molar-refractivity contribution < 1.29 is 9.84 Å². The molecule has 1 saturated carbocycles. The van der Waals surface area contributed by atoms with Crippen molar-refractivity contribution in [3.63, 3.8) is 0 Å². The van der Waals surface area contributed by atoms with Crippen LogP contribution in [0, 0.1) is 6.61 Å². The summed E-state index contributed by atoms with van der Waals surface area (Å²) in [6, 6.07) is 6.05. The van der Waals surface area contributed by atoms with E-state index in [4.69, 9.17) is 9.84 Å². The van der Waals surface area contributed by atoms with Crippen LogP contribution < -0.4 is 4.74 Å². The Morgan fingerprint density at radius 3 is 2.86 bits per heavy atom. The number of hydrogen-bond acceptors (Lipinski definition) is 2. The number of rotatable bonds is 4. The molecule has 0 saturated heterocycles. The van der Waals surface area contributed by atoms with Crippen molar-refractivity contribution in [1.82, 2.24) is 0 Å². The summed E-state index contributed by atoms with van der Waals surface area (Å²) >= 11 is 0. The molecule has 1 aliphatic carbocycles. The molecule has 0 amide bonds. The summed E-state index contributed by atoms with van der Waals surface area (Å²) in [5.41, 5.74) is 2.10. The Morgan fingerprint density at radius 1 is 1.50 bits per heavy atom. The maximum Gasteiger partial charge on any atom is 0.125 e. The highest BCUT2D eigenvalue weighted by Gasteiger charge is 2.24. The number of aliphatic hydroxyl groups excluding tert-OH is 1. The summed E-state index contributed by atoms with van der Waals surface area (Å²) in [7, 11) is 0. The zero-order valence-electron chi connectivity index (χ0n) is 8.36. The van der Waals surface area contributed by atoms with Crippen molar-refractivity contribution in [3.05, 3.63) is 35.9 Å². The number of ether oxygens (including phenoxy) is 1. The third-order valence-electron chi connectivity index (χ3n) is 2.52. The third kappa shape index (κ3) is 1.90. The molecule has 2 rings (SSSR count). The van der Waals surface area contributed by atoms with Gasteiger partial charge in [0, 0.05) is 5.56 Å². The van der Waals surface area contributed by atoms with E-state index in [1.807, 2.05) is 19.1 Å². The fraction of sp³-hybridized carbons (Fsp3) is 0.417. The highest BCUT2D eigenvalue weighted by molar-refractivity contribution is 5.42. The average molecular weight is 191 g/mol. The monoisotopic (exact) mass is 191 g/mol. The second-order valence-electron chi connectivity index (χ2n) is 3.63. The first-order valence-electron chi connectivity index (χ1n) is 5.09. The lowest BCUT2D eigenvalue weighted by atomic mass is 10.1. The van der Waals surface area contributed by atoms with Gasteiger partial charge in [0.1, 0.15) is 12.4 Å². The Hall–Kier alpha value is -1.02. The van der Waals surface area contributed by atoms with Crippen LogP contribution in [0.2, 0.25) is 0 Å². The van der Waals surface area contributed by atoms with Gasteiger partial charge in [0.05, 0.1) is 6.61 Å². The largest absolute Gasteiger partial charge is 0.493 e. The zero-order valence-corrected chi connectivity index (χ0v) is 8.36. The Morgan fingerprint density at radius 2 is 2.29 bits per heavy atom. The highest BCUT2D eigenvalue weighted by atomic mass is 16.5. The summed E-state index contributed by atoms with van der Waals surface area (Å²) in [5, 5.41) is 9.07. The molecule has 14 heavy (non-hydrogen) atoms. The van der Waals surface area contributed by atoms with Gasteiger partial charge in [-0.15, -0.1) is 0 Å². The van der Waals surface area contributed by atoms with E-state index in [2.05, 4.69) is 6.07 Å². The van der Waals surface area contributed by atoms with Crippen LogP contribution in [-0.2, 0) is 0 Å². The zero-order chi connectivity index (χ0) is 9.97. The second kappa shape index (κ2) is 4.01. The molecule has 1 radical (unpaired) electrons. The molecular formula is C12H15O2. The molecule has 0 spiro atoms. The molecule has 1 aromatic rings.